The largest absolute Gasteiger partial charge is 0.507 e. The zero-order valence-electron chi connectivity index (χ0n) is 26.0. The smallest absolute Gasteiger partial charge is 0.206 e. The molecule has 230 valence electrons. The Hall–Kier alpha value is -4.17. The third-order valence-electron chi connectivity index (χ3n) is 9.83. The summed E-state index contributed by atoms with van der Waals surface area (Å²) in [7, 11) is 0. The third-order valence-corrected chi connectivity index (χ3v) is 9.83. The van der Waals surface area contributed by atoms with Gasteiger partial charge < -0.3 is 15.3 Å². The molecule has 3 N–H and O–H groups in total. The highest BCUT2D eigenvalue weighted by atomic mass is 16.3. The zero-order chi connectivity index (χ0) is 32.5. The number of carbonyl (C=O) groups excluding carboxylic acids is 5. The van der Waals surface area contributed by atoms with Crippen LogP contribution in [0.2, 0.25) is 0 Å². The molecule has 0 radical (unpaired) electrons. The second-order valence-electron chi connectivity index (χ2n) is 13.6. The van der Waals surface area contributed by atoms with E-state index >= 15 is 0 Å². The number of ketones is 5. The van der Waals surface area contributed by atoms with Crippen molar-refractivity contribution >= 4 is 34.7 Å². The highest BCUT2D eigenvalue weighted by Gasteiger charge is 2.69. The number of phenols is 1. The van der Waals surface area contributed by atoms with Crippen LogP contribution in [0.15, 0.2) is 53.1 Å². The van der Waals surface area contributed by atoms with Crippen LogP contribution in [-0.2, 0) is 32.0 Å². The minimum Gasteiger partial charge on any atom is -0.507 e. The number of carbonyl (C=O) groups is 5. The van der Waals surface area contributed by atoms with Crippen LogP contribution in [0.3, 0.4) is 0 Å². The number of aromatic hydroxyl groups is 1. The minimum atomic E-state index is -2.57. The molecule has 2 aromatic carbocycles. The van der Waals surface area contributed by atoms with Gasteiger partial charge in [-0.3, -0.25) is 24.0 Å². The summed E-state index contributed by atoms with van der Waals surface area (Å²) in [6, 6.07) is 10.1. The molecule has 1 fully saturated rings. The first-order valence-electron chi connectivity index (χ1n) is 14.9. The number of rotatable bonds is 7. The van der Waals surface area contributed by atoms with E-state index < -0.39 is 45.3 Å². The molecule has 44 heavy (non-hydrogen) atoms. The van der Waals surface area contributed by atoms with Crippen LogP contribution >= 0.6 is 0 Å². The van der Waals surface area contributed by atoms with Gasteiger partial charge in [0.2, 0.25) is 11.6 Å². The van der Waals surface area contributed by atoms with Crippen molar-refractivity contribution in [1.29, 1.82) is 0 Å². The monoisotopic (exact) mass is 598 g/mol. The minimum absolute atomic E-state index is 0.0109. The van der Waals surface area contributed by atoms with Gasteiger partial charge in [-0.1, -0.05) is 69.7 Å². The molecule has 0 heterocycles. The molecule has 0 unspecified atom stereocenters. The van der Waals surface area contributed by atoms with Crippen molar-refractivity contribution in [2.75, 3.05) is 0 Å². The number of phenolic OH excluding ortho intramolecular Hbond substituents is 1. The van der Waals surface area contributed by atoms with E-state index in [1.54, 1.807) is 50.2 Å². The van der Waals surface area contributed by atoms with Crippen molar-refractivity contribution in [2.45, 2.75) is 85.2 Å². The van der Waals surface area contributed by atoms with Crippen molar-refractivity contribution in [3.05, 3.63) is 80.9 Å². The Balaban J connectivity index is 1.62. The van der Waals surface area contributed by atoms with Gasteiger partial charge in [-0.15, -0.1) is 0 Å². The lowest BCUT2D eigenvalue weighted by molar-refractivity contribution is -0.171. The van der Waals surface area contributed by atoms with E-state index in [9.17, 15) is 39.3 Å². The summed E-state index contributed by atoms with van der Waals surface area (Å²) in [4.78, 5) is 66.1. The summed E-state index contributed by atoms with van der Waals surface area (Å²) >= 11 is 0. The van der Waals surface area contributed by atoms with Crippen molar-refractivity contribution in [1.82, 2.24) is 0 Å². The lowest BCUT2D eigenvalue weighted by atomic mass is 9.46. The van der Waals surface area contributed by atoms with E-state index in [0.29, 0.717) is 16.7 Å². The first kappa shape index (κ1) is 31.3. The van der Waals surface area contributed by atoms with Gasteiger partial charge in [-0.2, -0.15) is 0 Å². The Morgan fingerprint density at radius 3 is 2.20 bits per heavy atom. The van der Waals surface area contributed by atoms with Gasteiger partial charge in [0.05, 0.1) is 17.6 Å². The molecule has 5 rings (SSSR count). The van der Waals surface area contributed by atoms with Gasteiger partial charge in [0.25, 0.3) is 0 Å². The van der Waals surface area contributed by atoms with E-state index in [2.05, 4.69) is 0 Å². The highest BCUT2D eigenvalue weighted by Crippen LogP contribution is 2.62. The van der Waals surface area contributed by atoms with E-state index in [1.165, 1.54) is 6.92 Å². The lowest BCUT2D eigenvalue weighted by Gasteiger charge is -2.56. The summed E-state index contributed by atoms with van der Waals surface area (Å²) < 4.78 is 0. The maximum atomic E-state index is 14.3. The van der Waals surface area contributed by atoms with Crippen LogP contribution in [0.4, 0.5) is 0 Å². The Kier molecular flexibility index (Phi) is 7.44. The zero-order valence-corrected chi connectivity index (χ0v) is 26.0. The molecule has 3 atom stereocenters. The van der Waals surface area contributed by atoms with E-state index in [1.807, 2.05) is 20.8 Å². The molecule has 8 heteroatoms. The van der Waals surface area contributed by atoms with Gasteiger partial charge in [0.15, 0.2) is 17.2 Å². The number of Topliss-reactive ketones (excluding diaryl/α,β-unsaturated/α-hetero) is 5. The Bertz CT molecular complexity index is 1730. The standard InChI is InChI=1S/C36H38O8/c1-18(2)24-13-22(12-23(38)14-26(39)21-10-8-7-9-11-21)30(40)28-25(24)16-34(5)17-35(6)15-19(3)27(20(4)37)32(42)36(35,44)33(43)29(34)31(28)41/h7-11,13,18,40-41,44H,12,14-17H2,1-6H3/t34-,35+,36+/m1/s1. The highest BCUT2D eigenvalue weighted by molar-refractivity contribution is 6.33. The normalized spacial score (nSPS) is 26.4. The van der Waals surface area contributed by atoms with Gasteiger partial charge in [-0.05, 0) is 50.2 Å². The van der Waals surface area contributed by atoms with Crippen LogP contribution in [0.25, 0.3) is 5.76 Å². The van der Waals surface area contributed by atoms with Crippen LogP contribution < -0.4 is 0 Å². The fourth-order valence-electron chi connectivity index (χ4n) is 8.01. The molecule has 8 nitrogen and oxygen atoms in total. The number of allylic oxidation sites excluding steroid dienone is 1. The first-order chi connectivity index (χ1) is 20.5. The molecule has 0 amide bonds. The molecular formula is C36H38O8. The molecule has 2 aromatic rings. The topological polar surface area (TPSA) is 146 Å². The van der Waals surface area contributed by atoms with Gasteiger partial charge in [-0.25, -0.2) is 0 Å². The maximum Gasteiger partial charge on any atom is 0.206 e. The second kappa shape index (κ2) is 10.5. The molecular weight excluding hydrogens is 560 g/mol. The number of benzene rings is 2. The van der Waals surface area contributed by atoms with Gasteiger partial charge in [0.1, 0.15) is 17.3 Å². The molecule has 3 aliphatic rings. The van der Waals surface area contributed by atoms with Crippen LogP contribution in [0, 0.1) is 10.8 Å². The molecule has 0 aliphatic heterocycles. The predicted octanol–water partition coefficient (Wildman–Crippen LogP) is 5.32. The lowest BCUT2D eigenvalue weighted by Crippen LogP contribution is -2.67. The average molecular weight is 599 g/mol. The number of hydrogen-bond acceptors (Lipinski definition) is 8. The number of fused-ring (bicyclic) bond motifs is 3. The number of hydrogen-bond donors (Lipinski definition) is 3. The Morgan fingerprint density at radius 2 is 1.61 bits per heavy atom. The average Bonchev–Trinajstić information content (AvgIpc) is 2.92. The molecule has 3 aliphatic carbocycles. The van der Waals surface area contributed by atoms with Crippen LogP contribution in [-0.4, -0.2) is 49.8 Å². The fraction of sp³-hybridized carbons (Fsp3) is 0.417. The van der Waals surface area contributed by atoms with Gasteiger partial charge in [0, 0.05) is 34.0 Å². The van der Waals surface area contributed by atoms with E-state index in [-0.39, 0.29) is 71.8 Å². The summed E-state index contributed by atoms with van der Waals surface area (Å²) in [5.41, 5.74) is -2.69. The maximum absolute atomic E-state index is 14.3. The number of aliphatic hydroxyl groups is 2. The quantitative estimate of drug-likeness (QED) is 0.221. The number of aliphatic hydroxyl groups excluding tert-OH is 1. The summed E-state index contributed by atoms with van der Waals surface area (Å²) in [5, 5.41) is 35.2. The Morgan fingerprint density at radius 1 is 0.977 bits per heavy atom. The van der Waals surface area contributed by atoms with Crippen molar-refractivity contribution in [2.24, 2.45) is 10.8 Å². The van der Waals surface area contributed by atoms with Crippen LogP contribution in [0.1, 0.15) is 99.3 Å². The first-order valence-corrected chi connectivity index (χ1v) is 14.9. The molecule has 1 saturated carbocycles. The Labute approximate surface area is 256 Å². The van der Waals surface area contributed by atoms with Crippen LogP contribution in [0.5, 0.6) is 5.75 Å². The molecule has 0 saturated heterocycles. The van der Waals surface area contributed by atoms with E-state index in [4.69, 9.17) is 0 Å². The van der Waals surface area contributed by atoms with Crippen molar-refractivity contribution < 1.29 is 39.3 Å². The molecule has 0 aromatic heterocycles. The molecule has 0 bridgehead atoms. The van der Waals surface area contributed by atoms with E-state index in [0.717, 1.165) is 5.56 Å². The SMILES string of the molecule is CC(=O)C1=C(C)C[C@@]2(C)C[C@@]3(C)Cc4c(C(C)C)cc(CC(=O)CC(=O)c5ccccc5)c(O)c4C(O)=C3C(=O)[C@@]2(O)C1=O. The second-order valence-corrected chi connectivity index (χ2v) is 13.6. The summed E-state index contributed by atoms with van der Waals surface area (Å²) in [6.45, 7) is 10.2. The third kappa shape index (κ3) is 4.50. The fourth-order valence-corrected chi connectivity index (χ4v) is 8.01. The van der Waals surface area contributed by atoms with Crippen molar-refractivity contribution in [3.8, 4) is 5.75 Å². The molecule has 0 spiro atoms. The summed E-state index contributed by atoms with van der Waals surface area (Å²) in [6.07, 6.45) is -0.109. The summed E-state index contributed by atoms with van der Waals surface area (Å²) in [5.74, 6) is -4.30. The van der Waals surface area contributed by atoms with Crippen molar-refractivity contribution in [3.63, 3.8) is 0 Å². The predicted molar refractivity (Wildman–Crippen MR) is 163 cm³/mol. The van der Waals surface area contributed by atoms with Gasteiger partial charge >= 0.3 is 0 Å².